The van der Waals surface area contributed by atoms with Gasteiger partial charge in [-0.2, -0.15) is 0 Å². The summed E-state index contributed by atoms with van der Waals surface area (Å²) in [6, 6.07) is 7.61. The lowest BCUT2D eigenvalue weighted by Gasteiger charge is -2.05. The minimum Gasteiger partial charge on any atom is -0.464 e. The Kier molecular flexibility index (Phi) is 2.46. The van der Waals surface area contributed by atoms with E-state index in [0.29, 0.717) is 12.2 Å². The first-order valence-corrected chi connectivity index (χ1v) is 4.87. The molecule has 0 bridgehead atoms. The number of aldehydes is 1. The molecule has 2 heterocycles. The first-order chi connectivity index (χ1) is 7.20. The fourth-order valence-corrected chi connectivity index (χ4v) is 1.63. The molecule has 0 aliphatic rings. The van der Waals surface area contributed by atoms with E-state index in [2.05, 4.69) is 0 Å². The summed E-state index contributed by atoms with van der Waals surface area (Å²) in [7, 11) is 0. The summed E-state index contributed by atoms with van der Waals surface area (Å²) in [5, 5.41) is 0. The van der Waals surface area contributed by atoms with E-state index >= 15 is 0 Å². The molecule has 0 saturated carbocycles. The number of furan rings is 1. The second-order valence-electron chi connectivity index (χ2n) is 3.62. The van der Waals surface area contributed by atoms with Crippen molar-refractivity contribution in [1.29, 1.82) is 0 Å². The Morgan fingerprint density at radius 2 is 2.07 bits per heavy atom. The molecule has 2 aromatic heterocycles. The summed E-state index contributed by atoms with van der Waals surface area (Å²) in [6.07, 6.45) is 0.864. The number of aryl methyl sites for hydroxylation is 2. The second kappa shape index (κ2) is 3.77. The predicted molar refractivity (Wildman–Crippen MR) is 57.1 cm³/mol. The van der Waals surface area contributed by atoms with Gasteiger partial charge in [-0.3, -0.25) is 4.79 Å². The third kappa shape index (κ3) is 1.86. The molecule has 0 atom stereocenters. The highest BCUT2D eigenvalue weighted by Crippen LogP contribution is 2.13. The SMILES string of the molecule is Cc1ccc(Cn2c(C)ccc2C=O)o1. The summed E-state index contributed by atoms with van der Waals surface area (Å²) < 4.78 is 7.41. The average Bonchev–Trinajstić information content (AvgIpc) is 2.76. The Labute approximate surface area is 88.3 Å². The van der Waals surface area contributed by atoms with Gasteiger partial charge < -0.3 is 8.98 Å². The van der Waals surface area contributed by atoms with Gasteiger partial charge in [-0.25, -0.2) is 0 Å². The number of hydrogen-bond donors (Lipinski definition) is 0. The van der Waals surface area contributed by atoms with Crippen LogP contribution in [0.3, 0.4) is 0 Å². The number of carbonyl (C=O) groups excluding carboxylic acids is 1. The zero-order chi connectivity index (χ0) is 10.8. The van der Waals surface area contributed by atoms with Crippen LogP contribution in [-0.4, -0.2) is 10.9 Å². The molecule has 0 fully saturated rings. The van der Waals surface area contributed by atoms with E-state index in [1.807, 2.05) is 42.7 Å². The Morgan fingerprint density at radius 1 is 1.27 bits per heavy atom. The summed E-state index contributed by atoms with van der Waals surface area (Å²) in [6.45, 7) is 4.50. The van der Waals surface area contributed by atoms with Crippen LogP contribution in [0.1, 0.15) is 27.7 Å². The molecule has 0 spiro atoms. The molecule has 78 valence electrons. The van der Waals surface area contributed by atoms with Crippen molar-refractivity contribution in [2.24, 2.45) is 0 Å². The lowest BCUT2D eigenvalue weighted by Crippen LogP contribution is -2.04. The fourth-order valence-electron chi connectivity index (χ4n) is 1.63. The van der Waals surface area contributed by atoms with Crippen LogP contribution in [0.4, 0.5) is 0 Å². The maximum Gasteiger partial charge on any atom is 0.166 e. The zero-order valence-corrected chi connectivity index (χ0v) is 8.86. The van der Waals surface area contributed by atoms with Crippen molar-refractivity contribution in [1.82, 2.24) is 4.57 Å². The molecule has 2 aromatic rings. The van der Waals surface area contributed by atoms with E-state index < -0.39 is 0 Å². The molecule has 0 amide bonds. The Bertz CT molecular complexity index is 480. The zero-order valence-electron chi connectivity index (χ0n) is 8.86. The summed E-state index contributed by atoms with van der Waals surface area (Å²) in [5.41, 5.74) is 1.74. The first-order valence-electron chi connectivity index (χ1n) is 4.87. The normalized spacial score (nSPS) is 10.5. The van der Waals surface area contributed by atoms with Crippen molar-refractivity contribution in [3.05, 3.63) is 47.2 Å². The summed E-state index contributed by atoms with van der Waals surface area (Å²) in [5.74, 6) is 1.76. The minimum absolute atomic E-state index is 0.612. The average molecular weight is 203 g/mol. The van der Waals surface area contributed by atoms with Crippen LogP contribution in [0.5, 0.6) is 0 Å². The third-order valence-corrected chi connectivity index (χ3v) is 2.46. The maximum atomic E-state index is 10.8. The molecule has 3 nitrogen and oxygen atoms in total. The van der Waals surface area contributed by atoms with Crippen molar-refractivity contribution in [2.45, 2.75) is 20.4 Å². The molecule has 0 N–H and O–H groups in total. The van der Waals surface area contributed by atoms with E-state index in [9.17, 15) is 4.79 Å². The fraction of sp³-hybridized carbons (Fsp3) is 0.250. The molecular formula is C12H13NO2. The minimum atomic E-state index is 0.612. The monoisotopic (exact) mass is 203 g/mol. The van der Waals surface area contributed by atoms with Crippen LogP contribution in [0.25, 0.3) is 0 Å². The standard InChI is InChI=1S/C12H13NO2/c1-9-3-5-11(8-14)13(9)7-12-6-4-10(2)15-12/h3-6,8H,7H2,1-2H3. The van der Waals surface area contributed by atoms with Gasteiger partial charge in [0, 0.05) is 5.69 Å². The van der Waals surface area contributed by atoms with Gasteiger partial charge in [-0.15, -0.1) is 0 Å². The lowest BCUT2D eigenvalue weighted by molar-refractivity contribution is 0.111. The van der Waals surface area contributed by atoms with Crippen molar-refractivity contribution < 1.29 is 9.21 Å². The van der Waals surface area contributed by atoms with Gasteiger partial charge in [0.1, 0.15) is 11.5 Å². The highest BCUT2D eigenvalue weighted by Gasteiger charge is 2.06. The number of rotatable bonds is 3. The van der Waals surface area contributed by atoms with Crippen LogP contribution < -0.4 is 0 Å². The number of nitrogens with zero attached hydrogens (tertiary/aromatic N) is 1. The van der Waals surface area contributed by atoms with Crippen LogP contribution in [0.15, 0.2) is 28.7 Å². The van der Waals surface area contributed by atoms with E-state index in [4.69, 9.17) is 4.42 Å². The topological polar surface area (TPSA) is 35.1 Å². The Hall–Kier alpha value is -1.77. The molecule has 0 aliphatic heterocycles. The second-order valence-corrected chi connectivity index (χ2v) is 3.62. The molecule has 0 radical (unpaired) electrons. The van der Waals surface area contributed by atoms with Gasteiger partial charge in [0.05, 0.1) is 12.2 Å². The number of hydrogen-bond acceptors (Lipinski definition) is 2. The van der Waals surface area contributed by atoms with Gasteiger partial charge in [0.25, 0.3) is 0 Å². The van der Waals surface area contributed by atoms with Crippen LogP contribution >= 0.6 is 0 Å². The van der Waals surface area contributed by atoms with Gasteiger partial charge in [0.15, 0.2) is 6.29 Å². The van der Waals surface area contributed by atoms with Crippen molar-refractivity contribution in [3.63, 3.8) is 0 Å². The molecule has 3 heteroatoms. The van der Waals surface area contributed by atoms with E-state index in [1.165, 1.54) is 0 Å². The van der Waals surface area contributed by atoms with Crippen LogP contribution in [0.2, 0.25) is 0 Å². The molecule has 2 rings (SSSR count). The highest BCUT2D eigenvalue weighted by atomic mass is 16.3. The summed E-state index contributed by atoms with van der Waals surface area (Å²) >= 11 is 0. The molecule has 0 aliphatic carbocycles. The van der Waals surface area contributed by atoms with Crippen LogP contribution in [0, 0.1) is 13.8 Å². The van der Waals surface area contributed by atoms with Gasteiger partial charge >= 0.3 is 0 Å². The quantitative estimate of drug-likeness (QED) is 0.718. The Balaban J connectivity index is 2.30. The lowest BCUT2D eigenvalue weighted by atomic mass is 10.4. The molecule has 0 saturated heterocycles. The van der Waals surface area contributed by atoms with Crippen molar-refractivity contribution in [2.75, 3.05) is 0 Å². The smallest absolute Gasteiger partial charge is 0.166 e. The molecule has 0 aromatic carbocycles. The van der Waals surface area contributed by atoms with E-state index in [1.54, 1.807) is 0 Å². The van der Waals surface area contributed by atoms with E-state index in [-0.39, 0.29) is 0 Å². The Morgan fingerprint density at radius 3 is 2.67 bits per heavy atom. The molecule has 15 heavy (non-hydrogen) atoms. The van der Waals surface area contributed by atoms with E-state index in [0.717, 1.165) is 23.5 Å². The molecule has 0 unspecified atom stereocenters. The summed E-state index contributed by atoms with van der Waals surface area (Å²) in [4.78, 5) is 10.8. The van der Waals surface area contributed by atoms with Crippen molar-refractivity contribution >= 4 is 6.29 Å². The third-order valence-electron chi connectivity index (χ3n) is 2.46. The number of carbonyl (C=O) groups is 1. The first kappa shape index (κ1) is 9.77. The molecular weight excluding hydrogens is 190 g/mol. The van der Waals surface area contributed by atoms with Crippen molar-refractivity contribution in [3.8, 4) is 0 Å². The van der Waals surface area contributed by atoms with Gasteiger partial charge in [-0.1, -0.05) is 0 Å². The van der Waals surface area contributed by atoms with Gasteiger partial charge in [-0.05, 0) is 38.1 Å². The van der Waals surface area contributed by atoms with Crippen LogP contribution in [-0.2, 0) is 6.54 Å². The highest BCUT2D eigenvalue weighted by molar-refractivity contribution is 5.72. The number of aromatic nitrogens is 1. The maximum absolute atomic E-state index is 10.8. The predicted octanol–water partition coefficient (Wildman–Crippen LogP) is 2.56. The largest absolute Gasteiger partial charge is 0.464 e. The van der Waals surface area contributed by atoms with Gasteiger partial charge in [0.2, 0.25) is 0 Å².